The number of amidine groups is 2. The molecule has 93 heavy (non-hydrogen) atoms. The third kappa shape index (κ3) is 9.81. The molecule has 0 saturated heterocycles. The SMILES string of the molecule is CC1C=CC=C(c2nc(-c3ccc(-n4c5c(c6c4C(C)CC(c4cccc7c4sc4ccccc47)=C6)CC(C)C=C5)cc3)nc(C3(C)C=CC=C(c4ccc(C5=NC(c6ccccc6)=NC(c6ccc(-n7c8c(c9ccccc97)C=CCC8C)cc6)N5C)cc4)C3)n2)C1. The maximum atomic E-state index is 5.46. The second-order valence-electron chi connectivity index (χ2n) is 26.9. The molecule has 6 aliphatic rings. The van der Waals surface area contributed by atoms with Gasteiger partial charge in [0.2, 0.25) is 0 Å². The van der Waals surface area contributed by atoms with Crippen molar-refractivity contribution in [3.05, 3.63) is 292 Å². The highest BCUT2D eigenvalue weighted by Crippen LogP contribution is 2.49. The predicted octanol–water partition coefficient (Wildman–Crippen LogP) is 20.5. The van der Waals surface area contributed by atoms with Gasteiger partial charge in [0.05, 0.1) is 5.52 Å². The third-order valence-electron chi connectivity index (χ3n) is 20.3. The van der Waals surface area contributed by atoms with Crippen molar-refractivity contribution in [2.75, 3.05) is 7.05 Å². The average Bonchev–Trinajstić information content (AvgIpc) is 1.62. The van der Waals surface area contributed by atoms with Gasteiger partial charge < -0.3 is 14.0 Å². The van der Waals surface area contributed by atoms with E-state index in [9.17, 15) is 0 Å². The number of para-hydroxylation sites is 1. The van der Waals surface area contributed by atoms with Gasteiger partial charge in [-0.25, -0.2) is 24.9 Å². The zero-order chi connectivity index (χ0) is 62.6. The first-order valence-corrected chi connectivity index (χ1v) is 34.0. The Labute approximate surface area is 548 Å². The molecule has 0 amide bonds. The molecule has 1 aliphatic heterocycles. The average molecular weight is 1230 g/mol. The molecule has 5 heterocycles. The van der Waals surface area contributed by atoms with E-state index in [4.69, 9.17) is 24.9 Å². The van der Waals surface area contributed by atoms with Crippen LogP contribution in [-0.2, 0) is 11.8 Å². The van der Waals surface area contributed by atoms with E-state index in [1.807, 2.05) is 17.4 Å². The first kappa shape index (κ1) is 56.9. The van der Waals surface area contributed by atoms with Gasteiger partial charge in [-0.1, -0.05) is 204 Å². The van der Waals surface area contributed by atoms with Crippen LogP contribution in [0, 0.1) is 11.8 Å². The van der Waals surface area contributed by atoms with Crippen LogP contribution in [0.2, 0.25) is 0 Å². The van der Waals surface area contributed by atoms with Gasteiger partial charge in [-0.3, -0.25) is 0 Å². The lowest BCUT2D eigenvalue weighted by molar-refractivity contribution is 0.383. The normalized spacial score (nSPS) is 21.5. The molecule has 4 aromatic heterocycles. The molecular weight excluding hydrogens is 1150 g/mol. The van der Waals surface area contributed by atoms with Crippen molar-refractivity contribution in [1.82, 2.24) is 29.0 Å². The van der Waals surface area contributed by atoms with Crippen molar-refractivity contribution < 1.29 is 0 Å². The van der Waals surface area contributed by atoms with Crippen LogP contribution in [0.1, 0.15) is 152 Å². The van der Waals surface area contributed by atoms with E-state index < -0.39 is 5.41 Å². The summed E-state index contributed by atoms with van der Waals surface area (Å²) in [6.45, 7) is 11.6. The standard InChI is InChI=1S/C84H72N8S/c1-51-18-14-22-60(46-51)80-85-78(57-36-40-63(41-37-57)92-73-44-31-52(2)47-70(73)71-49-62(48-54(4)76(71)92)65-26-16-28-69-67-25-11-13-30-74(67)93-77(65)69)88-83(89-80)84(5)45-17-23-61(50-84)55-32-34-58(35-33-55)81-86-79(56-20-8-7-9-21-56)87-82(90(81)6)59-38-42-64(43-39-59)91-72-29-12-10-24-66(72)68-27-15-19-53(3)75(68)91/h7-18,20-45,49,51-54,82H,19,46-48,50H2,1-6H3. The Bertz CT molecular complexity index is 5150. The van der Waals surface area contributed by atoms with Gasteiger partial charge in [0.25, 0.3) is 0 Å². The predicted molar refractivity (Wildman–Crippen MR) is 389 cm³/mol. The van der Waals surface area contributed by atoms with E-state index in [1.165, 1.54) is 81.6 Å². The summed E-state index contributed by atoms with van der Waals surface area (Å²) in [6, 6.07) is 61.9. The quantitative estimate of drug-likeness (QED) is 0.137. The molecule has 0 saturated carbocycles. The maximum absolute atomic E-state index is 5.46. The number of aliphatic imine (C=N–C) groups is 2. The first-order chi connectivity index (χ1) is 45.5. The van der Waals surface area contributed by atoms with Gasteiger partial charge in [-0.2, -0.15) is 0 Å². The molecule has 6 atom stereocenters. The lowest BCUT2D eigenvalue weighted by atomic mass is 9.77. The summed E-state index contributed by atoms with van der Waals surface area (Å²) >= 11 is 1.93. The van der Waals surface area contributed by atoms with Crippen LogP contribution in [0.5, 0.6) is 0 Å². The van der Waals surface area contributed by atoms with E-state index in [1.54, 1.807) is 0 Å². The summed E-state index contributed by atoms with van der Waals surface area (Å²) in [5, 5.41) is 3.99. The van der Waals surface area contributed by atoms with Crippen molar-refractivity contribution in [1.29, 1.82) is 0 Å². The Balaban J connectivity index is 0.671. The fourth-order valence-corrected chi connectivity index (χ4v) is 16.8. The smallest absolute Gasteiger partial charge is 0.163 e. The number of aromatic nitrogens is 5. The summed E-state index contributed by atoms with van der Waals surface area (Å²) in [4.78, 5) is 29.1. The van der Waals surface area contributed by atoms with Crippen LogP contribution in [0.15, 0.2) is 228 Å². The van der Waals surface area contributed by atoms with E-state index in [0.29, 0.717) is 35.9 Å². The molecule has 8 nitrogen and oxygen atoms in total. The van der Waals surface area contributed by atoms with Crippen molar-refractivity contribution in [2.24, 2.45) is 21.8 Å². The van der Waals surface area contributed by atoms with Gasteiger partial charge >= 0.3 is 0 Å². The molecule has 0 bridgehead atoms. The number of nitrogens with zero attached hydrogens (tertiary/aromatic N) is 8. The van der Waals surface area contributed by atoms with Crippen LogP contribution in [0.25, 0.3) is 88.8 Å². The lowest BCUT2D eigenvalue weighted by Crippen LogP contribution is -2.35. The van der Waals surface area contributed by atoms with Gasteiger partial charge in [0.1, 0.15) is 17.8 Å². The van der Waals surface area contributed by atoms with Gasteiger partial charge in [-0.15, -0.1) is 11.3 Å². The summed E-state index contributed by atoms with van der Waals surface area (Å²) in [5.41, 5.74) is 21.6. The second-order valence-corrected chi connectivity index (χ2v) is 28.0. The molecule has 9 heteroatoms. The Morgan fingerprint density at radius 2 is 1.25 bits per heavy atom. The van der Waals surface area contributed by atoms with E-state index in [-0.39, 0.29) is 6.17 Å². The molecule has 11 aromatic rings. The van der Waals surface area contributed by atoms with Crippen LogP contribution < -0.4 is 0 Å². The van der Waals surface area contributed by atoms with E-state index >= 15 is 0 Å². The number of hydrogen-bond donors (Lipinski definition) is 0. The summed E-state index contributed by atoms with van der Waals surface area (Å²) in [5.74, 6) is 5.33. The van der Waals surface area contributed by atoms with Crippen LogP contribution in [0.4, 0.5) is 0 Å². The number of allylic oxidation sites excluding steroid dienone is 11. The Kier molecular flexibility index (Phi) is 13.8. The molecule has 6 unspecified atom stereocenters. The number of thiophene rings is 1. The Hall–Kier alpha value is -10.1. The molecule has 17 rings (SSSR count). The van der Waals surface area contributed by atoms with Gasteiger partial charge in [0.15, 0.2) is 17.5 Å². The summed E-state index contributed by atoms with van der Waals surface area (Å²) < 4.78 is 7.75. The monoisotopic (exact) mass is 1220 g/mol. The number of fused-ring (bicyclic) bond motifs is 9. The lowest BCUT2D eigenvalue weighted by Gasteiger charge is -2.33. The minimum absolute atomic E-state index is 0.297. The Morgan fingerprint density at radius 1 is 0.548 bits per heavy atom. The number of benzene rings is 7. The zero-order valence-electron chi connectivity index (χ0n) is 53.4. The summed E-state index contributed by atoms with van der Waals surface area (Å²) in [7, 11) is 2.12. The second kappa shape index (κ2) is 22.6. The molecule has 5 aliphatic carbocycles. The van der Waals surface area contributed by atoms with Gasteiger partial charge in [-0.05, 0) is 151 Å². The summed E-state index contributed by atoms with van der Waals surface area (Å²) in [6.07, 6.45) is 29.6. The molecule has 0 spiro atoms. The van der Waals surface area contributed by atoms with E-state index in [0.717, 1.165) is 93.8 Å². The minimum Gasteiger partial charge on any atom is -0.333 e. The molecule has 0 fully saturated rings. The largest absolute Gasteiger partial charge is 0.333 e. The molecular formula is C84H72N8S. The first-order valence-electron chi connectivity index (χ1n) is 33.1. The minimum atomic E-state index is -0.524. The molecule has 0 N–H and O–H groups in total. The molecule has 0 radical (unpaired) electrons. The topological polar surface area (TPSA) is 76.5 Å². The molecule has 454 valence electrons. The zero-order valence-corrected chi connectivity index (χ0v) is 54.2. The fraction of sp³-hybridized carbons (Fsp3) is 0.202. The van der Waals surface area contributed by atoms with Crippen molar-refractivity contribution >= 4 is 89.0 Å². The number of rotatable bonds is 10. The Morgan fingerprint density at radius 3 is 2.08 bits per heavy atom. The highest BCUT2D eigenvalue weighted by Gasteiger charge is 2.35. The van der Waals surface area contributed by atoms with Crippen LogP contribution in [-0.4, -0.2) is 47.7 Å². The fourth-order valence-electron chi connectivity index (χ4n) is 15.6. The van der Waals surface area contributed by atoms with Crippen molar-refractivity contribution in [3.63, 3.8) is 0 Å². The van der Waals surface area contributed by atoms with Crippen molar-refractivity contribution in [2.45, 2.75) is 90.1 Å². The highest BCUT2D eigenvalue weighted by molar-refractivity contribution is 7.26. The maximum Gasteiger partial charge on any atom is 0.163 e. The van der Waals surface area contributed by atoms with Gasteiger partial charge in [0, 0.05) is 106 Å². The third-order valence-corrected chi connectivity index (χ3v) is 21.5. The number of hydrogen-bond acceptors (Lipinski definition) is 7. The van der Waals surface area contributed by atoms with Crippen LogP contribution >= 0.6 is 11.3 Å². The van der Waals surface area contributed by atoms with E-state index in [2.05, 4.69) is 286 Å². The highest BCUT2D eigenvalue weighted by atomic mass is 32.1. The van der Waals surface area contributed by atoms with Crippen LogP contribution in [0.3, 0.4) is 0 Å². The molecule has 7 aromatic carbocycles. The van der Waals surface area contributed by atoms with Crippen molar-refractivity contribution in [3.8, 4) is 22.8 Å².